The lowest BCUT2D eigenvalue weighted by atomic mass is 10.2. The molecule has 0 bridgehead atoms. The highest BCUT2D eigenvalue weighted by molar-refractivity contribution is 8.76. The summed E-state index contributed by atoms with van der Waals surface area (Å²) >= 11 is 0. The van der Waals surface area contributed by atoms with E-state index in [-0.39, 0.29) is 6.61 Å². The Morgan fingerprint density at radius 1 is 1.50 bits per heavy atom. The predicted octanol–water partition coefficient (Wildman–Crippen LogP) is 2.98. The summed E-state index contributed by atoms with van der Waals surface area (Å²) in [5.41, 5.74) is 0. The zero-order chi connectivity index (χ0) is 10.2. The van der Waals surface area contributed by atoms with Crippen LogP contribution in [0.2, 0.25) is 0 Å². The summed E-state index contributed by atoms with van der Waals surface area (Å²) in [4.78, 5) is 4.22. The lowest BCUT2D eigenvalue weighted by Gasteiger charge is -2.10. The second kappa shape index (κ2) is 7.15. The minimum absolute atomic E-state index is 0.272. The van der Waals surface area contributed by atoms with Gasteiger partial charge in [-0.2, -0.15) is 0 Å². The molecule has 0 aliphatic heterocycles. The van der Waals surface area contributed by atoms with Gasteiger partial charge in [-0.05, 0) is 35.8 Å². The zero-order valence-electron chi connectivity index (χ0n) is 8.22. The van der Waals surface area contributed by atoms with Crippen molar-refractivity contribution in [1.82, 2.24) is 4.98 Å². The number of aliphatic hydroxyl groups excluding tert-OH is 1. The number of aromatic nitrogens is 1. The normalized spacial score (nSPS) is 12.7. The molecule has 0 aliphatic carbocycles. The number of rotatable bonds is 6. The minimum atomic E-state index is 0.272. The Kier molecular flexibility index (Phi) is 6.07. The third-order valence-electron chi connectivity index (χ3n) is 1.81. The first-order valence-electron chi connectivity index (χ1n) is 4.72. The second-order valence-electron chi connectivity index (χ2n) is 2.89. The van der Waals surface area contributed by atoms with E-state index in [2.05, 4.69) is 11.9 Å². The molecule has 1 atom stereocenters. The molecule has 0 radical (unpaired) electrons. The van der Waals surface area contributed by atoms with E-state index in [9.17, 15) is 0 Å². The van der Waals surface area contributed by atoms with E-state index < -0.39 is 0 Å². The van der Waals surface area contributed by atoms with Gasteiger partial charge in [0, 0.05) is 18.1 Å². The maximum absolute atomic E-state index is 8.83. The van der Waals surface area contributed by atoms with E-state index in [1.807, 2.05) is 18.2 Å². The third kappa shape index (κ3) is 4.35. The summed E-state index contributed by atoms with van der Waals surface area (Å²) in [5.74, 6) is 0. The Balaban J connectivity index is 2.32. The van der Waals surface area contributed by atoms with Crippen LogP contribution in [0, 0.1) is 0 Å². The lowest BCUT2D eigenvalue weighted by Crippen LogP contribution is -2.01. The van der Waals surface area contributed by atoms with Crippen LogP contribution in [0.15, 0.2) is 29.4 Å². The second-order valence-corrected chi connectivity index (χ2v) is 5.41. The molecule has 14 heavy (non-hydrogen) atoms. The molecule has 1 heterocycles. The Morgan fingerprint density at radius 3 is 2.93 bits per heavy atom. The topological polar surface area (TPSA) is 33.1 Å². The summed E-state index contributed by atoms with van der Waals surface area (Å²) in [6, 6.07) is 5.91. The van der Waals surface area contributed by atoms with Crippen molar-refractivity contribution in [2.24, 2.45) is 0 Å². The van der Waals surface area contributed by atoms with Crippen LogP contribution < -0.4 is 0 Å². The van der Waals surface area contributed by atoms with E-state index in [0.717, 1.165) is 17.9 Å². The van der Waals surface area contributed by atoms with Crippen molar-refractivity contribution in [3.05, 3.63) is 24.4 Å². The van der Waals surface area contributed by atoms with Gasteiger partial charge in [-0.15, -0.1) is 0 Å². The van der Waals surface area contributed by atoms with Gasteiger partial charge in [0.1, 0.15) is 5.03 Å². The molecule has 1 aromatic rings. The predicted molar refractivity (Wildman–Crippen MR) is 63.5 cm³/mol. The van der Waals surface area contributed by atoms with Gasteiger partial charge in [0.25, 0.3) is 0 Å². The van der Waals surface area contributed by atoms with E-state index in [1.54, 1.807) is 27.8 Å². The van der Waals surface area contributed by atoms with Gasteiger partial charge in [-0.1, -0.05) is 23.8 Å². The first kappa shape index (κ1) is 11.9. The molecular weight excluding hydrogens is 214 g/mol. The van der Waals surface area contributed by atoms with Crippen molar-refractivity contribution >= 4 is 21.6 Å². The van der Waals surface area contributed by atoms with E-state index >= 15 is 0 Å². The van der Waals surface area contributed by atoms with Crippen LogP contribution in [-0.2, 0) is 0 Å². The molecule has 0 spiro atoms. The largest absolute Gasteiger partial charge is 0.396 e. The van der Waals surface area contributed by atoms with Gasteiger partial charge in [0.2, 0.25) is 0 Å². The zero-order valence-corrected chi connectivity index (χ0v) is 9.85. The number of hydrogen-bond acceptors (Lipinski definition) is 4. The monoisotopic (exact) mass is 229 g/mol. The molecule has 1 aromatic heterocycles. The molecule has 0 saturated heterocycles. The number of pyridine rings is 1. The van der Waals surface area contributed by atoms with E-state index in [1.165, 1.54) is 0 Å². The summed E-state index contributed by atoms with van der Waals surface area (Å²) < 4.78 is 0. The van der Waals surface area contributed by atoms with Crippen LogP contribution in [0.4, 0.5) is 0 Å². The van der Waals surface area contributed by atoms with E-state index in [0.29, 0.717) is 5.25 Å². The van der Waals surface area contributed by atoms with Gasteiger partial charge >= 0.3 is 0 Å². The van der Waals surface area contributed by atoms with Gasteiger partial charge in [-0.3, -0.25) is 0 Å². The van der Waals surface area contributed by atoms with Crippen LogP contribution in [0.3, 0.4) is 0 Å². The Morgan fingerprint density at radius 2 is 2.36 bits per heavy atom. The molecule has 0 aliphatic rings. The highest BCUT2D eigenvalue weighted by Crippen LogP contribution is 2.35. The minimum Gasteiger partial charge on any atom is -0.396 e. The highest BCUT2D eigenvalue weighted by Gasteiger charge is 2.07. The van der Waals surface area contributed by atoms with Crippen molar-refractivity contribution in [3.8, 4) is 0 Å². The molecular formula is C10H15NOS2. The molecule has 2 nitrogen and oxygen atoms in total. The van der Waals surface area contributed by atoms with Gasteiger partial charge in [0.05, 0.1) is 0 Å². The fraction of sp³-hybridized carbons (Fsp3) is 0.500. The average Bonchev–Trinajstić information content (AvgIpc) is 2.25. The maximum Gasteiger partial charge on any atom is 0.106 e. The highest BCUT2D eigenvalue weighted by atomic mass is 33.1. The molecule has 1 rings (SSSR count). The molecule has 0 fully saturated rings. The van der Waals surface area contributed by atoms with Gasteiger partial charge in [-0.25, -0.2) is 4.98 Å². The molecule has 0 amide bonds. The van der Waals surface area contributed by atoms with Crippen molar-refractivity contribution < 1.29 is 5.11 Å². The molecule has 1 unspecified atom stereocenters. The van der Waals surface area contributed by atoms with Gasteiger partial charge < -0.3 is 5.11 Å². The molecule has 78 valence electrons. The quantitative estimate of drug-likeness (QED) is 0.760. The Labute approximate surface area is 92.9 Å². The van der Waals surface area contributed by atoms with Gasteiger partial charge in [0.15, 0.2) is 0 Å². The van der Waals surface area contributed by atoms with Crippen LogP contribution >= 0.6 is 21.6 Å². The van der Waals surface area contributed by atoms with Crippen molar-refractivity contribution in [3.63, 3.8) is 0 Å². The third-order valence-corrected chi connectivity index (χ3v) is 4.78. The number of aliphatic hydroxyl groups is 1. The molecule has 0 aromatic carbocycles. The van der Waals surface area contributed by atoms with Crippen molar-refractivity contribution in [2.75, 3.05) is 6.61 Å². The smallest absolute Gasteiger partial charge is 0.106 e. The fourth-order valence-corrected chi connectivity index (χ4v) is 3.49. The first-order chi connectivity index (χ1) is 6.86. The lowest BCUT2D eigenvalue weighted by molar-refractivity contribution is 0.286. The average molecular weight is 229 g/mol. The molecule has 0 saturated carbocycles. The molecule has 4 heteroatoms. The van der Waals surface area contributed by atoms with Crippen LogP contribution in [0.25, 0.3) is 0 Å². The summed E-state index contributed by atoms with van der Waals surface area (Å²) in [6.07, 6.45) is 3.75. The number of hydrogen-bond donors (Lipinski definition) is 1. The first-order valence-corrected chi connectivity index (χ1v) is 6.93. The molecule has 1 N–H and O–H groups in total. The summed E-state index contributed by atoms with van der Waals surface area (Å²) in [6.45, 7) is 2.42. The van der Waals surface area contributed by atoms with Crippen LogP contribution in [0.1, 0.15) is 19.8 Å². The summed E-state index contributed by atoms with van der Waals surface area (Å²) in [7, 11) is 3.48. The maximum atomic E-state index is 8.83. The van der Waals surface area contributed by atoms with E-state index in [4.69, 9.17) is 5.11 Å². The number of nitrogens with zero attached hydrogens (tertiary/aromatic N) is 1. The van der Waals surface area contributed by atoms with Crippen LogP contribution in [0.5, 0.6) is 0 Å². The standard InChI is InChI=1S/C10H15NOS2/c1-2-9(6-8-12)13-14-10-5-3-4-7-11-10/h3-5,7,9,12H,2,6,8H2,1H3. The SMILES string of the molecule is CCC(CCO)SSc1ccccn1. The Bertz CT molecular complexity index is 243. The van der Waals surface area contributed by atoms with Crippen molar-refractivity contribution in [1.29, 1.82) is 0 Å². The fourth-order valence-electron chi connectivity index (χ4n) is 0.978. The summed E-state index contributed by atoms with van der Waals surface area (Å²) in [5, 5.41) is 10.4. The van der Waals surface area contributed by atoms with Crippen molar-refractivity contribution in [2.45, 2.75) is 30.0 Å². The van der Waals surface area contributed by atoms with Crippen LogP contribution in [-0.4, -0.2) is 21.9 Å². The Hall–Kier alpha value is -0.190.